The van der Waals surface area contributed by atoms with E-state index in [1.807, 2.05) is 45.0 Å². The Morgan fingerprint density at radius 2 is 1.97 bits per heavy atom. The van der Waals surface area contributed by atoms with Crippen LogP contribution in [0.5, 0.6) is 11.5 Å². The van der Waals surface area contributed by atoms with Gasteiger partial charge in [0.15, 0.2) is 16.6 Å². The first-order valence-electron chi connectivity index (χ1n) is 9.33. The third kappa shape index (κ3) is 3.35. The normalized spacial score (nSPS) is 12.5. The minimum Gasteiger partial charge on any atom is -0.454 e. The van der Waals surface area contributed by atoms with Gasteiger partial charge < -0.3 is 9.47 Å². The number of hydrogen-bond acceptors (Lipinski definition) is 8. The summed E-state index contributed by atoms with van der Waals surface area (Å²) in [5, 5.41) is 7.57. The fraction of sp³-hybridized carbons (Fsp3) is 0.250. The molecule has 0 aliphatic carbocycles. The maximum absolute atomic E-state index is 12.6. The van der Waals surface area contributed by atoms with Gasteiger partial charge in [-0.05, 0) is 44.5 Å². The molecule has 1 N–H and O–H groups in total. The van der Waals surface area contributed by atoms with Crippen molar-refractivity contribution in [3.63, 3.8) is 0 Å². The highest BCUT2D eigenvalue weighted by Gasteiger charge is 2.19. The van der Waals surface area contributed by atoms with E-state index >= 15 is 0 Å². The summed E-state index contributed by atoms with van der Waals surface area (Å²) in [5.41, 5.74) is 3.63. The van der Waals surface area contributed by atoms with E-state index < -0.39 is 5.91 Å². The van der Waals surface area contributed by atoms with Crippen molar-refractivity contribution in [3.05, 3.63) is 57.6 Å². The quantitative estimate of drug-likeness (QED) is 0.539. The van der Waals surface area contributed by atoms with Crippen molar-refractivity contribution in [1.82, 2.24) is 24.6 Å². The predicted molar refractivity (Wildman–Crippen MR) is 110 cm³/mol. The maximum Gasteiger partial charge on any atom is 0.297 e. The van der Waals surface area contributed by atoms with Crippen LogP contribution in [0.4, 0.5) is 5.13 Å². The van der Waals surface area contributed by atoms with Crippen LogP contribution in [0, 0.1) is 20.8 Å². The molecule has 9 nitrogen and oxygen atoms in total. The molecule has 30 heavy (non-hydrogen) atoms. The van der Waals surface area contributed by atoms with E-state index in [2.05, 4.69) is 25.4 Å². The van der Waals surface area contributed by atoms with Crippen molar-refractivity contribution < 1.29 is 14.3 Å². The lowest BCUT2D eigenvalue weighted by atomic mass is 10.1. The van der Waals surface area contributed by atoms with Gasteiger partial charge in [-0.1, -0.05) is 6.07 Å². The van der Waals surface area contributed by atoms with Gasteiger partial charge >= 0.3 is 0 Å². The fourth-order valence-corrected chi connectivity index (χ4v) is 4.29. The molecule has 3 aromatic heterocycles. The highest BCUT2D eigenvalue weighted by Crippen LogP contribution is 2.34. The number of carbonyl (C=O) groups excluding carboxylic acids is 1. The molecule has 0 radical (unpaired) electrons. The van der Waals surface area contributed by atoms with Crippen molar-refractivity contribution in [2.75, 3.05) is 12.1 Å². The zero-order valence-electron chi connectivity index (χ0n) is 16.6. The second-order valence-corrected chi connectivity index (χ2v) is 8.12. The van der Waals surface area contributed by atoms with Gasteiger partial charge in [-0.15, -0.1) is 16.4 Å². The first-order valence-corrected chi connectivity index (χ1v) is 10.1. The highest BCUT2D eigenvalue weighted by molar-refractivity contribution is 7.15. The van der Waals surface area contributed by atoms with E-state index in [9.17, 15) is 4.79 Å². The van der Waals surface area contributed by atoms with Gasteiger partial charge in [0.05, 0.1) is 5.69 Å². The fourth-order valence-electron chi connectivity index (χ4n) is 3.30. The number of carbonyl (C=O) groups is 1. The number of ether oxygens (including phenoxy) is 2. The molecule has 5 rings (SSSR count). The SMILES string of the molecule is Cc1cc(C)n2nc(C(=O)Nc3nc(C)c(Cc4ccc5c(c4)OCO5)s3)nc2n1. The molecule has 0 bridgehead atoms. The molecular formula is C20H18N6O3S. The number of nitrogens with one attached hydrogen (secondary N) is 1. The third-order valence-corrected chi connectivity index (χ3v) is 5.81. The van der Waals surface area contributed by atoms with Gasteiger partial charge in [0.25, 0.3) is 11.7 Å². The standard InChI is InChI=1S/C20H18N6O3S/c1-10-6-11(2)26-19(21-10)23-17(25-26)18(27)24-20-22-12(3)16(30-20)8-13-4-5-14-15(7-13)29-9-28-14/h4-7H,8-9H2,1-3H3,(H,22,24,27). The van der Waals surface area contributed by atoms with Gasteiger partial charge in [0.1, 0.15) is 0 Å². The minimum atomic E-state index is -0.416. The molecular weight excluding hydrogens is 404 g/mol. The molecule has 1 aromatic carbocycles. The molecule has 152 valence electrons. The average molecular weight is 422 g/mol. The molecule has 0 fully saturated rings. The molecule has 1 amide bonds. The lowest BCUT2D eigenvalue weighted by Gasteiger charge is -2.02. The smallest absolute Gasteiger partial charge is 0.297 e. The van der Waals surface area contributed by atoms with Crippen LogP contribution in [-0.2, 0) is 6.42 Å². The van der Waals surface area contributed by atoms with Crippen LogP contribution in [0.15, 0.2) is 24.3 Å². The molecule has 0 saturated heterocycles. The molecule has 10 heteroatoms. The highest BCUT2D eigenvalue weighted by atomic mass is 32.1. The number of hydrogen-bond donors (Lipinski definition) is 1. The largest absolute Gasteiger partial charge is 0.454 e. The Morgan fingerprint density at radius 3 is 2.83 bits per heavy atom. The number of fused-ring (bicyclic) bond motifs is 2. The van der Waals surface area contributed by atoms with Crippen molar-refractivity contribution in [2.24, 2.45) is 0 Å². The summed E-state index contributed by atoms with van der Waals surface area (Å²) in [6, 6.07) is 7.76. The van der Waals surface area contributed by atoms with E-state index in [1.165, 1.54) is 11.3 Å². The van der Waals surface area contributed by atoms with E-state index in [1.54, 1.807) is 4.52 Å². The topological polar surface area (TPSA) is 104 Å². The van der Waals surface area contributed by atoms with Crippen LogP contribution in [0.2, 0.25) is 0 Å². The number of aryl methyl sites for hydroxylation is 3. The molecule has 1 aliphatic heterocycles. The number of nitrogens with zero attached hydrogens (tertiary/aromatic N) is 5. The molecule has 0 spiro atoms. The minimum absolute atomic E-state index is 0.0568. The monoisotopic (exact) mass is 422 g/mol. The van der Waals surface area contributed by atoms with Crippen LogP contribution >= 0.6 is 11.3 Å². The summed E-state index contributed by atoms with van der Waals surface area (Å²) >= 11 is 1.43. The maximum atomic E-state index is 12.6. The molecule has 0 atom stereocenters. The second-order valence-electron chi connectivity index (χ2n) is 7.03. The number of benzene rings is 1. The number of aromatic nitrogens is 5. The van der Waals surface area contributed by atoms with Gasteiger partial charge in [-0.25, -0.2) is 14.5 Å². The van der Waals surface area contributed by atoms with E-state index in [0.717, 1.165) is 39.0 Å². The number of rotatable bonds is 4. The van der Waals surface area contributed by atoms with Crippen LogP contribution in [0.25, 0.3) is 5.78 Å². The lowest BCUT2D eigenvalue weighted by molar-refractivity contribution is 0.101. The van der Waals surface area contributed by atoms with Crippen molar-refractivity contribution in [2.45, 2.75) is 27.2 Å². The summed E-state index contributed by atoms with van der Waals surface area (Å²) in [5.74, 6) is 1.55. The lowest BCUT2D eigenvalue weighted by Crippen LogP contribution is -2.13. The Balaban J connectivity index is 1.34. The van der Waals surface area contributed by atoms with E-state index in [-0.39, 0.29) is 12.6 Å². The average Bonchev–Trinajstić information content (AvgIpc) is 3.40. The summed E-state index contributed by atoms with van der Waals surface area (Å²) in [6.07, 6.45) is 0.686. The van der Waals surface area contributed by atoms with Gasteiger partial charge in [0.2, 0.25) is 12.6 Å². The first kappa shape index (κ1) is 18.5. The molecule has 0 unspecified atom stereocenters. The molecule has 4 aromatic rings. The van der Waals surface area contributed by atoms with Gasteiger partial charge in [-0.2, -0.15) is 4.98 Å². The van der Waals surface area contributed by atoms with Gasteiger partial charge in [0, 0.05) is 22.7 Å². The molecule has 0 saturated carbocycles. The van der Waals surface area contributed by atoms with Crippen LogP contribution in [0.1, 0.15) is 38.1 Å². The molecule has 4 heterocycles. The Morgan fingerprint density at radius 1 is 1.13 bits per heavy atom. The number of amides is 1. The zero-order chi connectivity index (χ0) is 20.8. The second kappa shape index (κ2) is 7.06. The molecule has 1 aliphatic rings. The van der Waals surface area contributed by atoms with Gasteiger partial charge in [-0.3, -0.25) is 10.1 Å². The summed E-state index contributed by atoms with van der Waals surface area (Å²) in [7, 11) is 0. The van der Waals surface area contributed by atoms with Crippen molar-refractivity contribution in [3.8, 4) is 11.5 Å². The Bertz CT molecular complexity index is 1300. The first-order chi connectivity index (χ1) is 14.5. The van der Waals surface area contributed by atoms with Crippen LogP contribution in [-0.4, -0.2) is 37.3 Å². The Kier molecular flexibility index (Phi) is 4.35. The number of anilines is 1. The third-order valence-electron chi connectivity index (χ3n) is 4.74. The van der Waals surface area contributed by atoms with Crippen LogP contribution in [0.3, 0.4) is 0 Å². The van der Waals surface area contributed by atoms with Crippen LogP contribution < -0.4 is 14.8 Å². The number of thiazole rings is 1. The van der Waals surface area contributed by atoms with Crippen molar-refractivity contribution >= 4 is 28.2 Å². The zero-order valence-corrected chi connectivity index (χ0v) is 17.4. The summed E-state index contributed by atoms with van der Waals surface area (Å²) < 4.78 is 12.4. The Hall–Kier alpha value is -3.53. The Labute approximate surface area is 175 Å². The summed E-state index contributed by atoms with van der Waals surface area (Å²) in [6.45, 7) is 5.94. The summed E-state index contributed by atoms with van der Waals surface area (Å²) in [4.78, 5) is 26.7. The van der Waals surface area contributed by atoms with E-state index in [4.69, 9.17) is 9.47 Å². The predicted octanol–water partition coefficient (Wildman–Crippen LogP) is 3.08. The van der Waals surface area contributed by atoms with Crippen molar-refractivity contribution in [1.29, 1.82) is 0 Å². The van der Waals surface area contributed by atoms with E-state index in [0.29, 0.717) is 17.3 Å².